The molecule has 0 aromatic rings. The largest absolute Gasteiger partial charge is 0.444 e. The molecule has 17 heteroatoms. The Morgan fingerprint density at radius 3 is 1.93 bits per heavy atom. The summed E-state index contributed by atoms with van der Waals surface area (Å²) in [6, 6.07) is 0. The molecule has 0 fully saturated rings. The van der Waals surface area contributed by atoms with Crippen molar-refractivity contribution in [2.75, 3.05) is 72.4 Å². The first-order valence-electron chi connectivity index (χ1n) is 14.7. The molecule has 2 unspecified atom stereocenters. The molecule has 0 aromatic carbocycles. The second kappa shape index (κ2) is 22.0. The minimum absolute atomic E-state index is 0.00285. The van der Waals surface area contributed by atoms with Crippen molar-refractivity contribution in [3.05, 3.63) is 12.2 Å². The Morgan fingerprint density at radius 1 is 0.778 bits per heavy atom. The van der Waals surface area contributed by atoms with E-state index in [9.17, 15) is 39.0 Å². The Balaban J connectivity index is 1.93. The van der Waals surface area contributed by atoms with Crippen LogP contribution >= 0.6 is 0 Å². The molecule has 0 radical (unpaired) electrons. The van der Waals surface area contributed by atoms with Crippen molar-refractivity contribution in [3.63, 3.8) is 0 Å². The van der Waals surface area contributed by atoms with E-state index >= 15 is 0 Å². The van der Waals surface area contributed by atoms with Gasteiger partial charge >= 0.3 is 6.09 Å². The van der Waals surface area contributed by atoms with E-state index in [2.05, 4.69) is 21.3 Å². The molecule has 1 heterocycles. The van der Waals surface area contributed by atoms with Gasteiger partial charge in [-0.05, 0) is 5.41 Å². The number of hydrogen-bond acceptors (Lipinski definition) is 12. The zero-order chi connectivity index (χ0) is 33.7. The van der Waals surface area contributed by atoms with Crippen LogP contribution in [0.4, 0.5) is 4.79 Å². The number of amides is 6. The third-order valence-electron chi connectivity index (χ3n) is 6.08. The molecule has 0 aromatic heterocycles. The predicted molar refractivity (Wildman–Crippen MR) is 157 cm³/mol. The maximum Gasteiger partial charge on any atom is 0.407 e. The molecule has 6 amide bonds. The second-order valence-corrected chi connectivity index (χ2v) is 10.8. The maximum absolute atomic E-state index is 11.9. The number of nitrogens with zero attached hydrogens (tertiary/aromatic N) is 1. The fourth-order valence-electron chi connectivity index (χ4n) is 3.51. The SMILES string of the molecule is CC(C)(C)C(CO)OC(O)COC(=O)NCCC(=O)NCCNC(=O)CCOCCOCCNC(=O)CCN1C(=O)C=CC1=O. The summed E-state index contributed by atoms with van der Waals surface area (Å²) in [4.78, 5) is 71.1. The highest BCUT2D eigenvalue weighted by atomic mass is 16.6. The number of imide groups is 1. The summed E-state index contributed by atoms with van der Waals surface area (Å²) in [5.41, 5.74) is -0.422. The average molecular weight is 646 g/mol. The fraction of sp³-hybridized carbons (Fsp3) is 0.714. The van der Waals surface area contributed by atoms with Gasteiger partial charge in [-0.25, -0.2) is 4.79 Å². The van der Waals surface area contributed by atoms with Crippen LogP contribution in [0.2, 0.25) is 0 Å². The third-order valence-corrected chi connectivity index (χ3v) is 6.08. The molecule has 45 heavy (non-hydrogen) atoms. The Bertz CT molecular complexity index is 983. The highest BCUT2D eigenvalue weighted by Crippen LogP contribution is 2.22. The van der Waals surface area contributed by atoms with E-state index in [4.69, 9.17) is 18.9 Å². The lowest BCUT2D eigenvalue weighted by molar-refractivity contribution is -0.189. The normalized spacial score (nSPS) is 14.2. The minimum atomic E-state index is -1.41. The molecule has 1 aliphatic rings. The Labute approximate surface area is 262 Å². The number of aliphatic hydroxyl groups excluding tert-OH is 2. The first-order valence-corrected chi connectivity index (χ1v) is 14.7. The van der Waals surface area contributed by atoms with Gasteiger partial charge in [-0.2, -0.15) is 0 Å². The highest BCUT2D eigenvalue weighted by Gasteiger charge is 2.27. The molecule has 6 N–H and O–H groups in total. The van der Waals surface area contributed by atoms with Crippen LogP contribution in [-0.4, -0.2) is 136 Å². The molecule has 256 valence electrons. The smallest absolute Gasteiger partial charge is 0.407 e. The minimum Gasteiger partial charge on any atom is -0.444 e. The van der Waals surface area contributed by atoms with Gasteiger partial charge in [0.2, 0.25) is 17.7 Å². The van der Waals surface area contributed by atoms with E-state index in [1.54, 1.807) is 0 Å². The van der Waals surface area contributed by atoms with Gasteiger partial charge in [-0.1, -0.05) is 20.8 Å². The number of ether oxygens (including phenoxy) is 4. The van der Waals surface area contributed by atoms with Crippen LogP contribution in [0, 0.1) is 5.41 Å². The molecule has 0 bridgehead atoms. The Hall–Kier alpha value is -3.64. The van der Waals surface area contributed by atoms with Crippen molar-refractivity contribution < 1.29 is 57.9 Å². The molecule has 0 aliphatic carbocycles. The van der Waals surface area contributed by atoms with Gasteiger partial charge in [-0.15, -0.1) is 0 Å². The van der Waals surface area contributed by atoms with Gasteiger partial charge in [0.25, 0.3) is 11.8 Å². The number of aliphatic hydroxyl groups is 2. The standard InChI is InChI=1S/C28H47N5O12/c1-28(2,3)20(18-34)45-26(40)19-44-27(41)32-9-6-21(35)29-10-11-30-23(37)8-14-42-16-17-43-15-12-31-22(36)7-13-33-24(38)4-5-25(33)39/h4-5,20,26,34,40H,6-19H2,1-3H3,(H,29,35)(H,30,37)(H,31,36)(H,32,41). The zero-order valence-corrected chi connectivity index (χ0v) is 26.1. The molecule has 1 aliphatic heterocycles. The number of carbonyl (C=O) groups excluding carboxylic acids is 6. The van der Waals surface area contributed by atoms with Crippen molar-refractivity contribution in [2.24, 2.45) is 5.41 Å². The van der Waals surface area contributed by atoms with Crippen LogP contribution in [0.3, 0.4) is 0 Å². The summed E-state index contributed by atoms with van der Waals surface area (Å²) >= 11 is 0. The van der Waals surface area contributed by atoms with Crippen LogP contribution in [0.5, 0.6) is 0 Å². The molecule has 2 atom stereocenters. The Kier molecular flexibility index (Phi) is 19.2. The lowest BCUT2D eigenvalue weighted by Crippen LogP contribution is -2.39. The molecule has 0 spiro atoms. The molecular weight excluding hydrogens is 598 g/mol. The summed E-state index contributed by atoms with van der Waals surface area (Å²) in [5.74, 6) is -1.78. The lowest BCUT2D eigenvalue weighted by Gasteiger charge is -2.30. The highest BCUT2D eigenvalue weighted by molar-refractivity contribution is 6.13. The number of nitrogens with one attached hydrogen (secondary N) is 4. The summed E-state index contributed by atoms with van der Waals surface area (Å²) in [5, 5.41) is 29.4. The molecular formula is C28H47N5O12. The van der Waals surface area contributed by atoms with Gasteiger partial charge in [0, 0.05) is 64.1 Å². The second-order valence-electron chi connectivity index (χ2n) is 10.8. The van der Waals surface area contributed by atoms with Crippen molar-refractivity contribution in [1.82, 2.24) is 26.2 Å². The van der Waals surface area contributed by atoms with Crippen molar-refractivity contribution in [3.8, 4) is 0 Å². The first-order chi connectivity index (χ1) is 21.3. The van der Waals surface area contributed by atoms with Crippen molar-refractivity contribution in [2.45, 2.75) is 52.4 Å². The monoisotopic (exact) mass is 645 g/mol. The fourth-order valence-corrected chi connectivity index (χ4v) is 3.51. The van der Waals surface area contributed by atoms with E-state index in [0.717, 1.165) is 17.1 Å². The van der Waals surface area contributed by atoms with E-state index in [-0.39, 0.29) is 103 Å². The quantitative estimate of drug-likeness (QED) is 0.0400. The van der Waals surface area contributed by atoms with E-state index < -0.39 is 42.3 Å². The Morgan fingerprint density at radius 2 is 1.33 bits per heavy atom. The lowest BCUT2D eigenvalue weighted by atomic mass is 9.89. The van der Waals surface area contributed by atoms with Gasteiger partial charge < -0.3 is 50.4 Å². The van der Waals surface area contributed by atoms with Crippen LogP contribution in [-0.2, 0) is 42.9 Å². The van der Waals surface area contributed by atoms with E-state index in [1.807, 2.05) is 20.8 Å². The number of alkyl carbamates (subject to hydrolysis) is 1. The van der Waals surface area contributed by atoms with Crippen LogP contribution < -0.4 is 21.3 Å². The maximum atomic E-state index is 11.9. The van der Waals surface area contributed by atoms with Gasteiger partial charge in [0.15, 0.2) is 6.29 Å². The summed E-state index contributed by atoms with van der Waals surface area (Å²) < 4.78 is 20.8. The molecule has 0 saturated heterocycles. The summed E-state index contributed by atoms with van der Waals surface area (Å²) in [6.07, 6.45) is -0.479. The zero-order valence-electron chi connectivity index (χ0n) is 26.1. The van der Waals surface area contributed by atoms with Gasteiger partial charge in [0.05, 0.1) is 39.1 Å². The van der Waals surface area contributed by atoms with Crippen LogP contribution in [0.25, 0.3) is 0 Å². The van der Waals surface area contributed by atoms with Gasteiger partial charge in [0.1, 0.15) is 6.61 Å². The predicted octanol–water partition coefficient (Wildman–Crippen LogP) is -2.07. The van der Waals surface area contributed by atoms with Crippen LogP contribution in [0.1, 0.15) is 40.0 Å². The van der Waals surface area contributed by atoms with Crippen LogP contribution in [0.15, 0.2) is 12.2 Å². The molecule has 0 saturated carbocycles. The van der Waals surface area contributed by atoms with Crippen molar-refractivity contribution in [1.29, 1.82) is 0 Å². The third kappa shape index (κ3) is 18.7. The number of carbonyl (C=O) groups is 6. The molecule has 1 rings (SSSR count). The molecule has 17 nitrogen and oxygen atoms in total. The number of hydrogen-bond donors (Lipinski definition) is 6. The average Bonchev–Trinajstić information content (AvgIpc) is 3.30. The summed E-state index contributed by atoms with van der Waals surface area (Å²) in [7, 11) is 0. The summed E-state index contributed by atoms with van der Waals surface area (Å²) in [6.45, 7) is 6.33. The van der Waals surface area contributed by atoms with Crippen molar-refractivity contribution >= 4 is 35.6 Å². The first kappa shape index (κ1) is 39.4. The number of rotatable bonds is 23. The topological polar surface area (TPSA) is 231 Å². The van der Waals surface area contributed by atoms with E-state index in [1.165, 1.54) is 0 Å². The van der Waals surface area contributed by atoms with E-state index in [0.29, 0.717) is 0 Å². The van der Waals surface area contributed by atoms with Gasteiger partial charge in [-0.3, -0.25) is 28.9 Å².